The Balaban J connectivity index is 2.12. The number of hydrogen-bond acceptors (Lipinski definition) is 3. The number of carboxylic acids is 1. The van der Waals surface area contributed by atoms with Crippen LogP contribution in [0.25, 0.3) is 0 Å². The van der Waals surface area contributed by atoms with Crippen LogP contribution in [0, 0.1) is 12.3 Å². The average Bonchev–Trinajstić information content (AvgIpc) is 2.31. The summed E-state index contributed by atoms with van der Waals surface area (Å²) in [5, 5.41) is 9.24. The van der Waals surface area contributed by atoms with Gasteiger partial charge in [-0.05, 0) is 49.7 Å². The number of rotatable bonds is 3. The molecule has 1 aliphatic carbocycles. The van der Waals surface area contributed by atoms with Crippen molar-refractivity contribution < 1.29 is 14.6 Å². The normalized spacial score (nSPS) is 19.1. The molecule has 1 saturated carbocycles. The van der Waals surface area contributed by atoms with Crippen LogP contribution in [0.3, 0.4) is 0 Å². The first-order chi connectivity index (χ1) is 8.89. The van der Waals surface area contributed by atoms with Crippen molar-refractivity contribution in [2.24, 2.45) is 5.41 Å². The van der Waals surface area contributed by atoms with Gasteiger partial charge in [-0.25, -0.2) is 9.78 Å². The third kappa shape index (κ3) is 3.25. The zero-order valence-corrected chi connectivity index (χ0v) is 11.8. The standard InChI is InChI=1S/C15H21NO3/c1-10-6-9-16-13(12(10)14(17)18)19-11-4-7-15(2,3)8-5-11/h6,9,11H,4-5,7-8H2,1-3H3,(H,17,18). The highest BCUT2D eigenvalue weighted by atomic mass is 16.5. The molecule has 4 nitrogen and oxygen atoms in total. The molecule has 4 heteroatoms. The fourth-order valence-corrected chi connectivity index (χ4v) is 2.53. The number of carbonyl (C=O) groups is 1. The van der Waals surface area contributed by atoms with E-state index in [1.807, 2.05) is 0 Å². The molecule has 0 spiro atoms. The van der Waals surface area contributed by atoms with Crippen molar-refractivity contribution in [1.29, 1.82) is 0 Å². The molecule has 1 fully saturated rings. The molecule has 19 heavy (non-hydrogen) atoms. The van der Waals surface area contributed by atoms with Gasteiger partial charge in [-0.2, -0.15) is 0 Å². The molecule has 0 aromatic carbocycles. The van der Waals surface area contributed by atoms with Crippen LogP contribution < -0.4 is 4.74 Å². The Bertz CT molecular complexity index is 472. The van der Waals surface area contributed by atoms with Crippen molar-refractivity contribution in [2.75, 3.05) is 0 Å². The third-order valence-corrected chi connectivity index (χ3v) is 3.90. The summed E-state index contributed by atoms with van der Waals surface area (Å²) in [6, 6.07) is 1.69. The number of nitrogens with zero attached hydrogens (tertiary/aromatic N) is 1. The van der Waals surface area contributed by atoms with Crippen molar-refractivity contribution in [3.63, 3.8) is 0 Å². The molecule has 0 amide bonds. The van der Waals surface area contributed by atoms with Gasteiger partial charge in [0.15, 0.2) is 0 Å². The molecule has 0 radical (unpaired) electrons. The van der Waals surface area contributed by atoms with Gasteiger partial charge >= 0.3 is 5.97 Å². The highest BCUT2D eigenvalue weighted by molar-refractivity contribution is 5.91. The van der Waals surface area contributed by atoms with Gasteiger partial charge in [-0.3, -0.25) is 0 Å². The van der Waals surface area contributed by atoms with Crippen LogP contribution in [0.4, 0.5) is 0 Å². The number of ether oxygens (including phenoxy) is 1. The SMILES string of the molecule is Cc1ccnc(OC2CCC(C)(C)CC2)c1C(=O)O. The maximum atomic E-state index is 11.3. The van der Waals surface area contributed by atoms with Gasteiger partial charge in [0.1, 0.15) is 11.7 Å². The van der Waals surface area contributed by atoms with Crippen LogP contribution in [-0.2, 0) is 0 Å². The molecular formula is C15H21NO3. The van der Waals surface area contributed by atoms with Gasteiger partial charge in [0.25, 0.3) is 0 Å². The van der Waals surface area contributed by atoms with Crippen molar-refractivity contribution in [3.05, 3.63) is 23.4 Å². The van der Waals surface area contributed by atoms with Crippen molar-refractivity contribution >= 4 is 5.97 Å². The second-order valence-corrected chi connectivity index (χ2v) is 6.09. The molecule has 0 atom stereocenters. The Kier molecular flexibility index (Phi) is 3.78. The van der Waals surface area contributed by atoms with Gasteiger partial charge in [0, 0.05) is 6.20 Å². The zero-order chi connectivity index (χ0) is 14.0. The number of hydrogen-bond donors (Lipinski definition) is 1. The quantitative estimate of drug-likeness (QED) is 0.907. The lowest BCUT2D eigenvalue weighted by Gasteiger charge is -2.34. The topological polar surface area (TPSA) is 59.4 Å². The summed E-state index contributed by atoms with van der Waals surface area (Å²) in [4.78, 5) is 15.4. The predicted octanol–water partition coefficient (Wildman–Crippen LogP) is 3.44. The number of aromatic nitrogens is 1. The van der Waals surface area contributed by atoms with E-state index in [-0.39, 0.29) is 17.5 Å². The highest BCUT2D eigenvalue weighted by Crippen LogP contribution is 2.36. The van der Waals surface area contributed by atoms with E-state index in [0.717, 1.165) is 25.7 Å². The first kappa shape index (κ1) is 13.8. The van der Waals surface area contributed by atoms with Crippen LogP contribution >= 0.6 is 0 Å². The Hall–Kier alpha value is -1.58. The van der Waals surface area contributed by atoms with Gasteiger partial charge in [0.05, 0.1) is 0 Å². The summed E-state index contributed by atoms with van der Waals surface area (Å²) >= 11 is 0. The Morgan fingerprint density at radius 2 is 2.05 bits per heavy atom. The maximum Gasteiger partial charge on any atom is 0.341 e. The first-order valence-electron chi connectivity index (χ1n) is 6.74. The van der Waals surface area contributed by atoms with Crippen LogP contribution in [0.15, 0.2) is 12.3 Å². The Morgan fingerprint density at radius 1 is 1.42 bits per heavy atom. The molecular weight excluding hydrogens is 242 g/mol. The van der Waals surface area contributed by atoms with E-state index in [2.05, 4.69) is 18.8 Å². The van der Waals surface area contributed by atoms with Gasteiger partial charge in [-0.15, -0.1) is 0 Å². The maximum absolute atomic E-state index is 11.3. The monoisotopic (exact) mass is 263 g/mol. The smallest absolute Gasteiger partial charge is 0.341 e. The molecule has 0 saturated heterocycles. The number of aromatic carboxylic acids is 1. The number of aryl methyl sites for hydroxylation is 1. The largest absolute Gasteiger partial charge is 0.477 e. The van der Waals surface area contributed by atoms with Crippen LogP contribution in [0.2, 0.25) is 0 Å². The van der Waals surface area contributed by atoms with Gasteiger partial charge < -0.3 is 9.84 Å². The van der Waals surface area contributed by atoms with Crippen LogP contribution in [0.5, 0.6) is 5.88 Å². The van der Waals surface area contributed by atoms with Crippen molar-refractivity contribution in [2.45, 2.75) is 52.6 Å². The summed E-state index contributed by atoms with van der Waals surface area (Å²) < 4.78 is 5.83. The molecule has 0 unspecified atom stereocenters. The molecule has 0 bridgehead atoms. The van der Waals surface area contributed by atoms with Crippen molar-refractivity contribution in [1.82, 2.24) is 4.98 Å². The van der Waals surface area contributed by atoms with Crippen LogP contribution in [0.1, 0.15) is 55.5 Å². The fraction of sp³-hybridized carbons (Fsp3) is 0.600. The van der Waals surface area contributed by atoms with E-state index in [1.165, 1.54) is 0 Å². The summed E-state index contributed by atoms with van der Waals surface area (Å²) in [6.45, 7) is 6.29. The summed E-state index contributed by atoms with van der Waals surface area (Å²) in [7, 11) is 0. The zero-order valence-electron chi connectivity index (χ0n) is 11.8. The average molecular weight is 263 g/mol. The molecule has 1 aliphatic rings. The lowest BCUT2D eigenvalue weighted by molar-refractivity contribution is 0.0668. The van der Waals surface area contributed by atoms with Gasteiger partial charge in [0.2, 0.25) is 5.88 Å². The minimum Gasteiger partial charge on any atom is -0.477 e. The number of carboxylic acid groups (broad SMARTS) is 1. The third-order valence-electron chi connectivity index (χ3n) is 3.90. The molecule has 1 aromatic heterocycles. The van der Waals surface area contributed by atoms with E-state index < -0.39 is 5.97 Å². The minimum atomic E-state index is -0.975. The van der Waals surface area contributed by atoms with E-state index in [9.17, 15) is 9.90 Å². The second kappa shape index (κ2) is 5.19. The predicted molar refractivity (Wildman–Crippen MR) is 72.6 cm³/mol. The summed E-state index contributed by atoms with van der Waals surface area (Å²) in [5.41, 5.74) is 1.25. The fourth-order valence-electron chi connectivity index (χ4n) is 2.53. The Morgan fingerprint density at radius 3 is 2.63 bits per heavy atom. The molecule has 1 heterocycles. The molecule has 1 aromatic rings. The molecule has 2 rings (SSSR count). The molecule has 0 aliphatic heterocycles. The van der Waals surface area contributed by atoms with Crippen molar-refractivity contribution in [3.8, 4) is 5.88 Å². The van der Waals surface area contributed by atoms with Crippen LogP contribution in [-0.4, -0.2) is 22.2 Å². The van der Waals surface area contributed by atoms with E-state index in [4.69, 9.17) is 4.74 Å². The van der Waals surface area contributed by atoms with E-state index >= 15 is 0 Å². The van der Waals surface area contributed by atoms with E-state index in [0.29, 0.717) is 11.0 Å². The molecule has 104 valence electrons. The highest BCUT2D eigenvalue weighted by Gasteiger charge is 2.29. The van der Waals surface area contributed by atoms with E-state index in [1.54, 1.807) is 19.2 Å². The minimum absolute atomic E-state index is 0.0837. The molecule has 1 N–H and O–H groups in total. The summed E-state index contributed by atoms with van der Waals surface area (Å²) in [6.07, 6.45) is 5.81. The number of pyridine rings is 1. The lowest BCUT2D eigenvalue weighted by Crippen LogP contribution is -2.29. The van der Waals surface area contributed by atoms with Gasteiger partial charge in [-0.1, -0.05) is 13.8 Å². The summed E-state index contributed by atoms with van der Waals surface area (Å²) in [5.74, 6) is -0.714. The second-order valence-electron chi connectivity index (χ2n) is 6.09. The Labute approximate surface area is 113 Å². The lowest BCUT2D eigenvalue weighted by atomic mass is 9.76. The first-order valence-corrected chi connectivity index (χ1v) is 6.74.